The molecule has 1 aliphatic rings. The van der Waals surface area contributed by atoms with E-state index in [1.165, 1.54) is 10.5 Å². The molecule has 0 aromatic heterocycles. The number of imide groups is 1. The van der Waals surface area contributed by atoms with Crippen LogP contribution >= 0.6 is 0 Å². The van der Waals surface area contributed by atoms with Crippen LogP contribution in [0.15, 0.2) is 54.6 Å². The minimum Gasteiger partial charge on any atom is -0.497 e. The van der Waals surface area contributed by atoms with Crippen molar-refractivity contribution in [2.75, 3.05) is 13.7 Å². The highest BCUT2D eigenvalue weighted by atomic mass is 16.5. The number of carbonyl (C=O) groups is 2. The third-order valence-corrected chi connectivity index (χ3v) is 4.52. The summed E-state index contributed by atoms with van der Waals surface area (Å²) in [6.07, 6.45) is 1.41. The lowest BCUT2D eigenvalue weighted by Crippen LogP contribution is -2.31. The van der Waals surface area contributed by atoms with Gasteiger partial charge in [-0.25, -0.2) is 0 Å². The van der Waals surface area contributed by atoms with Crippen LogP contribution in [0.3, 0.4) is 0 Å². The molecule has 0 saturated carbocycles. The van der Waals surface area contributed by atoms with Crippen LogP contribution in [0.2, 0.25) is 0 Å². The van der Waals surface area contributed by atoms with Gasteiger partial charge in [0, 0.05) is 25.3 Å². The number of rotatable bonds is 6. The van der Waals surface area contributed by atoms with Crippen molar-refractivity contribution in [3.63, 3.8) is 0 Å². The van der Waals surface area contributed by atoms with Gasteiger partial charge in [0.2, 0.25) is 11.8 Å². The Morgan fingerprint density at radius 3 is 2.08 bits per heavy atom. The van der Waals surface area contributed by atoms with Gasteiger partial charge in [-0.15, -0.1) is 0 Å². The number of hydrogen-bond acceptors (Lipinski definition) is 3. The summed E-state index contributed by atoms with van der Waals surface area (Å²) >= 11 is 0. The second kappa shape index (κ2) is 7.30. The van der Waals surface area contributed by atoms with Crippen molar-refractivity contribution in [1.29, 1.82) is 0 Å². The smallest absolute Gasteiger partial charge is 0.229 e. The molecule has 124 valence electrons. The van der Waals surface area contributed by atoms with Crippen LogP contribution in [0.5, 0.6) is 5.75 Å². The van der Waals surface area contributed by atoms with Crippen molar-refractivity contribution >= 4 is 11.8 Å². The van der Waals surface area contributed by atoms with Gasteiger partial charge in [0.1, 0.15) is 5.75 Å². The number of benzene rings is 2. The summed E-state index contributed by atoms with van der Waals surface area (Å²) in [7, 11) is 1.65. The maximum Gasteiger partial charge on any atom is 0.229 e. The molecule has 2 aromatic carbocycles. The molecule has 4 heteroatoms. The molecule has 0 bridgehead atoms. The van der Waals surface area contributed by atoms with E-state index in [2.05, 4.69) is 12.1 Å². The Kier molecular flexibility index (Phi) is 4.94. The molecule has 4 nitrogen and oxygen atoms in total. The quantitative estimate of drug-likeness (QED) is 0.766. The van der Waals surface area contributed by atoms with Crippen LogP contribution < -0.4 is 4.74 Å². The molecular formula is C20H21NO3. The number of amides is 2. The lowest BCUT2D eigenvalue weighted by atomic mass is 9.88. The number of likely N-dealkylation sites (tertiary alicyclic amines) is 1. The van der Waals surface area contributed by atoms with Gasteiger partial charge in [-0.1, -0.05) is 42.5 Å². The average Bonchev–Trinajstić information content (AvgIpc) is 2.95. The first-order valence-electron chi connectivity index (χ1n) is 8.21. The van der Waals surface area contributed by atoms with Gasteiger partial charge in [0.25, 0.3) is 0 Å². The molecule has 1 saturated heterocycles. The first kappa shape index (κ1) is 16.2. The topological polar surface area (TPSA) is 46.6 Å². The summed E-state index contributed by atoms with van der Waals surface area (Å²) in [6.45, 7) is 0.462. The number of ether oxygens (including phenoxy) is 1. The van der Waals surface area contributed by atoms with Crippen LogP contribution in [-0.2, 0) is 9.59 Å². The van der Waals surface area contributed by atoms with Gasteiger partial charge in [-0.3, -0.25) is 14.5 Å². The van der Waals surface area contributed by atoms with Crippen molar-refractivity contribution < 1.29 is 14.3 Å². The van der Waals surface area contributed by atoms with E-state index >= 15 is 0 Å². The Morgan fingerprint density at radius 2 is 1.50 bits per heavy atom. The number of hydrogen-bond donors (Lipinski definition) is 0. The van der Waals surface area contributed by atoms with Crippen LogP contribution in [0.4, 0.5) is 0 Å². The molecule has 2 amide bonds. The molecule has 1 heterocycles. The van der Waals surface area contributed by atoms with Crippen LogP contribution in [-0.4, -0.2) is 30.4 Å². The highest BCUT2D eigenvalue weighted by Gasteiger charge is 2.29. The van der Waals surface area contributed by atoms with Crippen LogP contribution in [0, 0.1) is 0 Å². The number of methoxy groups -OCH3 is 1. The van der Waals surface area contributed by atoms with E-state index in [1.807, 2.05) is 42.5 Å². The molecule has 3 rings (SSSR count). The van der Waals surface area contributed by atoms with Crippen molar-refractivity contribution in [2.24, 2.45) is 0 Å². The Morgan fingerprint density at radius 1 is 0.917 bits per heavy atom. The average molecular weight is 323 g/mol. The highest BCUT2D eigenvalue weighted by molar-refractivity contribution is 6.01. The zero-order chi connectivity index (χ0) is 16.9. The first-order chi connectivity index (χ1) is 11.7. The van der Waals surface area contributed by atoms with Gasteiger partial charge in [-0.05, 0) is 29.7 Å². The minimum atomic E-state index is -0.0541. The van der Waals surface area contributed by atoms with Crippen LogP contribution in [0.1, 0.15) is 36.3 Å². The highest BCUT2D eigenvalue weighted by Crippen LogP contribution is 2.30. The van der Waals surface area contributed by atoms with Gasteiger partial charge in [0.15, 0.2) is 0 Å². The van der Waals surface area contributed by atoms with E-state index < -0.39 is 0 Å². The fraction of sp³-hybridized carbons (Fsp3) is 0.300. The van der Waals surface area contributed by atoms with E-state index in [4.69, 9.17) is 4.74 Å². The zero-order valence-electron chi connectivity index (χ0n) is 13.8. The lowest BCUT2D eigenvalue weighted by molar-refractivity contribution is -0.138. The summed E-state index contributed by atoms with van der Waals surface area (Å²) < 4.78 is 5.23. The Bertz CT molecular complexity index is 693. The van der Waals surface area contributed by atoms with Gasteiger partial charge >= 0.3 is 0 Å². The van der Waals surface area contributed by atoms with E-state index in [9.17, 15) is 9.59 Å². The molecule has 0 spiro atoms. The summed E-state index contributed by atoms with van der Waals surface area (Å²) in [5.41, 5.74) is 2.34. The summed E-state index contributed by atoms with van der Waals surface area (Å²) in [5.74, 6) is 0.844. The number of nitrogens with zero attached hydrogens (tertiary/aromatic N) is 1. The molecule has 1 fully saturated rings. The molecule has 0 aliphatic carbocycles. The Balaban J connectivity index is 1.82. The standard InChI is InChI=1S/C20H21NO3/c1-24-17-9-7-16(8-10-17)18(15-5-3-2-4-6-15)13-14-21-19(22)11-12-20(21)23/h2-10,18H,11-14H2,1H3/t18-/m0/s1. The third kappa shape index (κ3) is 3.48. The monoisotopic (exact) mass is 323 g/mol. The normalized spacial score (nSPS) is 15.6. The van der Waals surface area contributed by atoms with Gasteiger partial charge in [0.05, 0.1) is 7.11 Å². The van der Waals surface area contributed by atoms with Gasteiger partial charge < -0.3 is 4.74 Å². The second-order valence-corrected chi connectivity index (χ2v) is 5.96. The summed E-state index contributed by atoms with van der Waals surface area (Å²) in [5, 5.41) is 0. The predicted molar refractivity (Wildman–Crippen MR) is 91.9 cm³/mol. The minimum absolute atomic E-state index is 0.0541. The second-order valence-electron chi connectivity index (χ2n) is 5.96. The van der Waals surface area contributed by atoms with Crippen molar-refractivity contribution in [3.05, 3.63) is 65.7 Å². The van der Waals surface area contributed by atoms with E-state index in [1.54, 1.807) is 7.11 Å². The molecule has 24 heavy (non-hydrogen) atoms. The molecule has 0 N–H and O–H groups in total. The fourth-order valence-corrected chi connectivity index (χ4v) is 3.18. The SMILES string of the molecule is COc1ccc([C@@H](CCN2C(=O)CCC2=O)c2ccccc2)cc1. The molecule has 1 aliphatic heterocycles. The van der Waals surface area contributed by atoms with Crippen molar-refractivity contribution in [3.8, 4) is 5.75 Å². The fourth-order valence-electron chi connectivity index (χ4n) is 3.18. The molecule has 0 radical (unpaired) electrons. The van der Waals surface area contributed by atoms with E-state index in [-0.39, 0.29) is 17.7 Å². The maximum absolute atomic E-state index is 11.8. The summed E-state index contributed by atoms with van der Waals surface area (Å²) in [4.78, 5) is 25.1. The first-order valence-corrected chi connectivity index (χ1v) is 8.21. The van der Waals surface area contributed by atoms with Crippen LogP contribution in [0.25, 0.3) is 0 Å². The zero-order valence-corrected chi connectivity index (χ0v) is 13.8. The molecule has 2 aromatic rings. The van der Waals surface area contributed by atoms with Crippen molar-refractivity contribution in [2.45, 2.75) is 25.2 Å². The largest absolute Gasteiger partial charge is 0.497 e. The van der Waals surface area contributed by atoms with Crippen molar-refractivity contribution in [1.82, 2.24) is 4.90 Å². The maximum atomic E-state index is 11.8. The Hall–Kier alpha value is -2.62. The van der Waals surface area contributed by atoms with E-state index in [0.717, 1.165) is 11.3 Å². The third-order valence-electron chi connectivity index (χ3n) is 4.52. The lowest BCUT2D eigenvalue weighted by Gasteiger charge is -2.21. The van der Waals surface area contributed by atoms with Gasteiger partial charge in [-0.2, -0.15) is 0 Å². The summed E-state index contributed by atoms with van der Waals surface area (Å²) in [6, 6.07) is 18.2. The molecule has 1 atom stereocenters. The predicted octanol–water partition coefficient (Wildman–Crippen LogP) is 3.37. The number of carbonyl (C=O) groups excluding carboxylic acids is 2. The Labute approximate surface area is 142 Å². The molecular weight excluding hydrogens is 302 g/mol. The van der Waals surface area contributed by atoms with E-state index in [0.29, 0.717) is 25.8 Å². The molecule has 0 unspecified atom stereocenters.